The van der Waals surface area contributed by atoms with Crippen LogP contribution in [0, 0.1) is 5.92 Å². The second kappa shape index (κ2) is 5.28. The standard InChI is InChI=1S/C18H26O/c1-2-14-5-4-12-18(19,13-14)17-10-8-16(9-11-17)15-6-3-7-15/h8-11,14-15,19H,2-7,12-13H2,1H3. The molecule has 1 heteroatoms. The molecule has 1 N–H and O–H groups in total. The lowest BCUT2D eigenvalue weighted by atomic mass is 9.73. The van der Waals surface area contributed by atoms with E-state index in [-0.39, 0.29) is 0 Å². The van der Waals surface area contributed by atoms with Gasteiger partial charge in [-0.15, -0.1) is 0 Å². The highest BCUT2D eigenvalue weighted by molar-refractivity contribution is 5.30. The highest BCUT2D eigenvalue weighted by Gasteiger charge is 2.35. The summed E-state index contributed by atoms with van der Waals surface area (Å²) < 4.78 is 0. The van der Waals surface area contributed by atoms with Crippen LogP contribution in [0.1, 0.15) is 75.3 Å². The summed E-state index contributed by atoms with van der Waals surface area (Å²) in [5.74, 6) is 1.49. The van der Waals surface area contributed by atoms with Crippen molar-refractivity contribution in [3.63, 3.8) is 0 Å². The maximum atomic E-state index is 10.9. The molecule has 2 aliphatic rings. The van der Waals surface area contributed by atoms with Crippen LogP contribution in [0.2, 0.25) is 0 Å². The van der Waals surface area contributed by atoms with E-state index >= 15 is 0 Å². The largest absolute Gasteiger partial charge is 0.385 e. The smallest absolute Gasteiger partial charge is 0.0899 e. The van der Waals surface area contributed by atoms with E-state index < -0.39 is 5.60 Å². The molecule has 1 nitrogen and oxygen atoms in total. The van der Waals surface area contributed by atoms with Crippen molar-refractivity contribution in [1.29, 1.82) is 0 Å². The summed E-state index contributed by atoms with van der Waals surface area (Å²) in [6.07, 6.45) is 9.62. The van der Waals surface area contributed by atoms with E-state index in [1.165, 1.54) is 44.1 Å². The van der Waals surface area contributed by atoms with E-state index in [9.17, 15) is 5.11 Å². The molecular weight excluding hydrogens is 232 g/mol. The molecule has 19 heavy (non-hydrogen) atoms. The lowest BCUT2D eigenvalue weighted by Crippen LogP contribution is -2.32. The van der Waals surface area contributed by atoms with E-state index in [1.54, 1.807) is 0 Å². The second-order valence-electron chi connectivity index (χ2n) is 6.65. The van der Waals surface area contributed by atoms with Crippen molar-refractivity contribution >= 4 is 0 Å². The molecular formula is C18H26O. The van der Waals surface area contributed by atoms with Crippen molar-refractivity contribution in [2.24, 2.45) is 5.92 Å². The Hall–Kier alpha value is -0.820. The zero-order valence-corrected chi connectivity index (χ0v) is 12.1. The van der Waals surface area contributed by atoms with Gasteiger partial charge < -0.3 is 5.11 Å². The molecule has 104 valence electrons. The van der Waals surface area contributed by atoms with Gasteiger partial charge >= 0.3 is 0 Å². The molecule has 2 atom stereocenters. The van der Waals surface area contributed by atoms with Crippen LogP contribution < -0.4 is 0 Å². The monoisotopic (exact) mass is 258 g/mol. The van der Waals surface area contributed by atoms with Crippen LogP contribution in [0.5, 0.6) is 0 Å². The molecule has 0 bridgehead atoms. The van der Waals surface area contributed by atoms with Crippen LogP contribution in [0.4, 0.5) is 0 Å². The van der Waals surface area contributed by atoms with Gasteiger partial charge in [0.1, 0.15) is 0 Å². The van der Waals surface area contributed by atoms with Crippen molar-refractivity contribution in [3.05, 3.63) is 35.4 Å². The van der Waals surface area contributed by atoms with Gasteiger partial charge in [0.05, 0.1) is 5.60 Å². The van der Waals surface area contributed by atoms with Gasteiger partial charge in [0.15, 0.2) is 0 Å². The van der Waals surface area contributed by atoms with Crippen LogP contribution in [0.3, 0.4) is 0 Å². The van der Waals surface area contributed by atoms with Gasteiger partial charge in [0.2, 0.25) is 0 Å². The Morgan fingerprint density at radius 1 is 1.11 bits per heavy atom. The lowest BCUT2D eigenvalue weighted by Gasteiger charge is -2.37. The molecule has 0 spiro atoms. The molecule has 0 radical (unpaired) electrons. The first-order chi connectivity index (χ1) is 9.21. The number of benzene rings is 1. The third-order valence-electron chi connectivity index (χ3n) is 5.43. The van der Waals surface area contributed by atoms with Crippen LogP contribution >= 0.6 is 0 Å². The van der Waals surface area contributed by atoms with E-state index in [2.05, 4.69) is 31.2 Å². The summed E-state index contributed by atoms with van der Waals surface area (Å²) in [4.78, 5) is 0. The summed E-state index contributed by atoms with van der Waals surface area (Å²) in [6.45, 7) is 2.25. The molecule has 0 saturated heterocycles. The number of hydrogen-bond donors (Lipinski definition) is 1. The van der Waals surface area contributed by atoms with Crippen LogP contribution in [-0.2, 0) is 5.60 Å². The summed E-state index contributed by atoms with van der Waals surface area (Å²) >= 11 is 0. The van der Waals surface area contributed by atoms with E-state index in [1.807, 2.05) is 0 Å². The number of rotatable bonds is 3. The van der Waals surface area contributed by atoms with Crippen molar-refractivity contribution in [2.75, 3.05) is 0 Å². The maximum absolute atomic E-state index is 10.9. The van der Waals surface area contributed by atoms with Gasteiger partial charge in [-0.05, 0) is 55.1 Å². The Labute approximate surface area is 117 Å². The average Bonchev–Trinajstić information content (AvgIpc) is 2.37. The Kier molecular flexibility index (Phi) is 3.66. The third kappa shape index (κ3) is 2.58. The quantitative estimate of drug-likeness (QED) is 0.830. The first-order valence-corrected chi connectivity index (χ1v) is 8.04. The Morgan fingerprint density at radius 3 is 2.42 bits per heavy atom. The molecule has 1 aromatic carbocycles. The molecule has 2 aliphatic carbocycles. The van der Waals surface area contributed by atoms with Gasteiger partial charge in [-0.3, -0.25) is 0 Å². The minimum Gasteiger partial charge on any atom is -0.385 e. The summed E-state index contributed by atoms with van der Waals surface area (Å²) in [5, 5.41) is 10.9. The Morgan fingerprint density at radius 2 is 1.84 bits per heavy atom. The molecule has 0 aliphatic heterocycles. The summed E-state index contributed by atoms with van der Waals surface area (Å²) in [6, 6.07) is 8.89. The molecule has 2 fully saturated rings. The minimum absolute atomic E-state index is 0.558. The fourth-order valence-corrected chi connectivity index (χ4v) is 3.78. The number of aliphatic hydroxyl groups is 1. The predicted octanol–water partition coefficient (Wildman–Crippen LogP) is 4.74. The van der Waals surface area contributed by atoms with E-state index in [0.29, 0.717) is 5.92 Å². The maximum Gasteiger partial charge on any atom is 0.0899 e. The molecule has 0 heterocycles. The number of hydrogen-bond acceptors (Lipinski definition) is 1. The third-order valence-corrected chi connectivity index (χ3v) is 5.43. The topological polar surface area (TPSA) is 20.2 Å². The van der Waals surface area contributed by atoms with Gasteiger partial charge in [-0.1, -0.05) is 50.5 Å². The second-order valence-corrected chi connectivity index (χ2v) is 6.65. The fourth-order valence-electron chi connectivity index (χ4n) is 3.78. The van der Waals surface area contributed by atoms with Crippen LogP contribution in [0.15, 0.2) is 24.3 Å². The van der Waals surface area contributed by atoms with Crippen molar-refractivity contribution in [3.8, 4) is 0 Å². The molecule has 0 aromatic heterocycles. The highest BCUT2D eigenvalue weighted by Crippen LogP contribution is 2.42. The van der Waals surface area contributed by atoms with Gasteiger partial charge in [-0.2, -0.15) is 0 Å². The Balaban J connectivity index is 1.76. The molecule has 0 amide bonds. The van der Waals surface area contributed by atoms with Crippen molar-refractivity contribution in [1.82, 2.24) is 0 Å². The summed E-state index contributed by atoms with van der Waals surface area (Å²) in [5.41, 5.74) is 2.06. The van der Waals surface area contributed by atoms with Crippen LogP contribution in [0.25, 0.3) is 0 Å². The SMILES string of the molecule is CCC1CCCC(O)(c2ccc(C3CCC3)cc2)C1. The van der Waals surface area contributed by atoms with E-state index in [4.69, 9.17) is 0 Å². The highest BCUT2D eigenvalue weighted by atomic mass is 16.3. The first kappa shape index (κ1) is 13.2. The van der Waals surface area contributed by atoms with Gasteiger partial charge in [-0.25, -0.2) is 0 Å². The van der Waals surface area contributed by atoms with Gasteiger partial charge in [0.25, 0.3) is 0 Å². The molecule has 2 unspecified atom stereocenters. The normalized spacial score (nSPS) is 32.0. The van der Waals surface area contributed by atoms with Crippen molar-refractivity contribution in [2.45, 2.75) is 69.8 Å². The van der Waals surface area contributed by atoms with Crippen molar-refractivity contribution < 1.29 is 5.11 Å². The molecule has 1 aromatic rings. The zero-order chi connectivity index (χ0) is 13.3. The van der Waals surface area contributed by atoms with Gasteiger partial charge in [0, 0.05) is 0 Å². The minimum atomic E-state index is -0.558. The zero-order valence-electron chi connectivity index (χ0n) is 12.1. The summed E-state index contributed by atoms with van der Waals surface area (Å²) in [7, 11) is 0. The first-order valence-electron chi connectivity index (χ1n) is 8.04. The molecule has 2 saturated carbocycles. The molecule has 3 rings (SSSR count). The van der Waals surface area contributed by atoms with Crippen LogP contribution in [-0.4, -0.2) is 5.11 Å². The average molecular weight is 258 g/mol. The van der Waals surface area contributed by atoms with E-state index in [0.717, 1.165) is 24.3 Å². The fraction of sp³-hybridized carbons (Fsp3) is 0.667. The predicted molar refractivity (Wildman–Crippen MR) is 79.2 cm³/mol. The lowest BCUT2D eigenvalue weighted by molar-refractivity contribution is -0.0217. The Bertz CT molecular complexity index is 418.